The van der Waals surface area contributed by atoms with Gasteiger partial charge in [-0.15, -0.1) is 12.4 Å². The van der Waals surface area contributed by atoms with Gasteiger partial charge in [0.25, 0.3) is 0 Å². The zero-order valence-electron chi connectivity index (χ0n) is 12.8. The van der Waals surface area contributed by atoms with Crippen LogP contribution in [-0.2, 0) is 9.53 Å². The summed E-state index contributed by atoms with van der Waals surface area (Å²) in [5.74, 6) is -1.05. The number of hydrogen-bond donors (Lipinski definition) is 4. The third-order valence-electron chi connectivity index (χ3n) is 2.98. The molecule has 0 aliphatic carbocycles. The van der Waals surface area contributed by atoms with Crippen LogP contribution >= 0.6 is 12.4 Å². The lowest BCUT2D eigenvalue weighted by molar-refractivity contribution is -0.120. The molecule has 0 aromatic heterocycles. The van der Waals surface area contributed by atoms with E-state index in [9.17, 15) is 9.59 Å². The molecule has 23 heavy (non-hydrogen) atoms. The van der Waals surface area contributed by atoms with Crippen molar-refractivity contribution in [3.8, 4) is 0 Å². The van der Waals surface area contributed by atoms with Gasteiger partial charge in [0.1, 0.15) is 6.10 Å². The topological polar surface area (TPSA) is 131 Å². The van der Waals surface area contributed by atoms with E-state index >= 15 is 0 Å². The van der Waals surface area contributed by atoms with Crippen LogP contribution < -0.4 is 16.8 Å². The number of primary amides is 1. The first-order valence-corrected chi connectivity index (χ1v) is 7.11. The molecule has 0 spiro atoms. The Morgan fingerprint density at radius 2 is 1.83 bits per heavy atom. The van der Waals surface area contributed by atoms with Gasteiger partial charge in [0, 0.05) is 6.54 Å². The fourth-order valence-corrected chi connectivity index (χ4v) is 1.94. The number of ether oxygens (including phenoxy) is 1. The molecular weight excluding hydrogens is 320 g/mol. The molecule has 1 rings (SSSR count). The normalized spacial score (nSPS) is 11.0. The molecule has 128 valence electrons. The molecule has 1 aromatic rings. The Bertz CT molecular complexity index is 511. The van der Waals surface area contributed by atoms with Gasteiger partial charge in [0.15, 0.2) is 5.96 Å². The van der Waals surface area contributed by atoms with Gasteiger partial charge in [0.2, 0.25) is 5.91 Å². The van der Waals surface area contributed by atoms with E-state index < -0.39 is 18.0 Å². The highest BCUT2D eigenvalue weighted by Crippen LogP contribution is 2.12. The van der Waals surface area contributed by atoms with E-state index in [1.165, 1.54) is 0 Å². The monoisotopic (exact) mass is 342 g/mol. The molecule has 0 heterocycles. The molecule has 6 N–H and O–H groups in total. The fourth-order valence-electron chi connectivity index (χ4n) is 1.94. The molecule has 7 nitrogen and oxygen atoms in total. The first kappa shape index (κ1) is 20.7. The van der Waals surface area contributed by atoms with Crippen LogP contribution in [0.2, 0.25) is 0 Å². The van der Waals surface area contributed by atoms with Crippen molar-refractivity contribution >= 4 is 30.2 Å². The van der Waals surface area contributed by atoms with Crippen molar-refractivity contribution in [2.75, 3.05) is 6.54 Å². The first-order valence-electron chi connectivity index (χ1n) is 7.11. The summed E-state index contributed by atoms with van der Waals surface area (Å²) in [6.07, 6.45) is 1.46. The molecule has 0 saturated heterocycles. The second-order valence-electron chi connectivity index (χ2n) is 4.90. The van der Waals surface area contributed by atoms with E-state index in [4.69, 9.17) is 21.6 Å². The van der Waals surface area contributed by atoms with Crippen LogP contribution in [0.4, 0.5) is 0 Å². The van der Waals surface area contributed by atoms with E-state index in [-0.39, 0.29) is 24.8 Å². The summed E-state index contributed by atoms with van der Waals surface area (Å²) in [4.78, 5) is 23.1. The summed E-state index contributed by atoms with van der Waals surface area (Å²) in [5, 5.41) is 9.72. The van der Waals surface area contributed by atoms with Crippen molar-refractivity contribution in [1.82, 2.24) is 5.32 Å². The summed E-state index contributed by atoms with van der Waals surface area (Å²) < 4.78 is 5.35. The number of carbonyl (C=O) groups excluding carboxylic acids is 2. The third kappa shape index (κ3) is 9.36. The van der Waals surface area contributed by atoms with Crippen LogP contribution in [0.25, 0.3) is 0 Å². The Hall–Kier alpha value is -2.28. The van der Waals surface area contributed by atoms with Gasteiger partial charge in [-0.1, -0.05) is 18.2 Å². The maximum atomic E-state index is 12.0. The molecule has 0 unspecified atom stereocenters. The quantitative estimate of drug-likeness (QED) is 0.231. The molecule has 1 atom stereocenters. The Kier molecular flexibility index (Phi) is 10.2. The molecule has 0 aliphatic heterocycles. The number of nitrogens with one attached hydrogen (secondary N) is 2. The molecule has 1 amide bonds. The largest absolute Gasteiger partial charge is 0.458 e. The minimum atomic E-state index is -0.539. The van der Waals surface area contributed by atoms with E-state index in [2.05, 4.69) is 5.32 Å². The second kappa shape index (κ2) is 11.3. The number of rotatable bonds is 9. The predicted molar refractivity (Wildman–Crippen MR) is 90.5 cm³/mol. The van der Waals surface area contributed by atoms with Gasteiger partial charge < -0.3 is 21.5 Å². The van der Waals surface area contributed by atoms with Gasteiger partial charge in [-0.3, -0.25) is 10.2 Å². The molecular formula is C15H23ClN4O3. The molecule has 0 saturated carbocycles. The van der Waals surface area contributed by atoms with Crippen molar-refractivity contribution in [2.45, 2.75) is 31.8 Å². The minimum absolute atomic E-state index is 0. The summed E-state index contributed by atoms with van der Waals surface area (Å²) in [6, 6.07) is 8.60. The number of guanidine groups is 1. The highest BCUT2D eigenvalue weighted by atomic mass is 35.5. The maximum absolute atomic E-state index is 12.0. The van der Waals surface area contributed by atoms with E-state index in [0.717, 1.165) is 12.8 Å². The first-order chi connectivity index (χ1) is 10.5. The summed E-state index contributed by atoms with van der Waals surface area (Å²) in [5.41, 5.74) is 10.8. The van der Waals surface area contributed by atoms with Crippen LogP contribution in [0.1, 0.15) is 36.0 Å². The van der Waals surface area contributed by atoms with Crippen molar-refractivity contribution < 1.29 is 14.3 Å². The number of halogens is 1. The second-order valence-corrected chi connectivity index (χ2v) is 4.90. The Morgan fingerprint density at radius 3 is 2.39 bits per heavy atom. The van der Waals surface area contributed by atoms with E-state index in [1.807, 2.05) is 0 Å². The zero-order valence-corrected chi connectivity index (χ0v) is 13.6. The van der Waals surface area contributed by atoms with Crippen LogP contribution in [0.15, 0.2) is 30.3 Å². The van der Waals surface area contributed by atoms with E-state index in [0.29, 0.717) is 18.5 Å². The molecule has 0 radical (unpaired) electrons. The standard InChI is InChI=1S/C15H22N4O3.ClH/c16-13(20)10-12(8-4-5-9-19-15(17)18)22-14(21)11-6-2-1-3-7-11;/h1-3,6-7,12H,4-5,8-10H2,(H2,16,20)(H4,17,18,19);1H/t12-;/m0./s1. The maximum Gasteiger partial charge on any atom is 0.338 e. The average Bonchev–Trinajstić information content (AvgIpc) is 2.46. The van der Waals surface area contributed by atoms with Crippen molar-refractivity contribution in [3.05, 3.63) is 35.9 Å². The molecule has 1 aromatic carbocycles. The zero-order chi connectivity index (χ0) is 16.4. The Balaban J connectivity index is 0.00000484. The Morgan fingerprint density at radius 1 is 1.17 bits per heavy atom. The molecule has 0 fully saturated rings. The van der Waals surface area contributed by atoms with Crippen LogP contribution in [0.5, 0.6) is 0 Å². The number of amides is 1. The lowest BCUT2D eigenvalue weighted by Gasteiger charge is -2.16. The van der Waals surface area contributed by atoms with Gasteiger partial charge in [-0.05, 0) is 31.4 Å². The number of nitrogens with two attached hydrogens (primary N) is 2. The SMILES string of the molecule is Cl.N=C(N)NCCCC[C@@H](CC(N)=O)OC(=O)c1ccccc1. The smallest absolute Gasteiger partial charge is 0.338 e. The summed E-state index contributed by atoms with van der Waals surface area (Å²) in [7, 11) is 0. The molecule has 0 bridgehead atoms. The highest BCUT2D eigenvalue weighted by Gasteiger charge is 2.17. The average molecular weight is 343 g/mol. The molecule has 8 heteroatoms. The lowest BCUT2D eigenvalue weighted by Crippen LogP contribution is -2.31. The number of hydrogen-bond acceptors (Lipinski definition) is 4. The van der Waals surface area contributed by atoms with Gasteiger partial charge >= 0.3 is 5.97 Å². The highest BCUT2D eigenvalue weighted by molar-refractivity contribution is 5.89. The predicted octanol–water partition coefficient (Wildman–Crippen LogP) is 1.16. The van der Waals surface area contributed by atoms with Gasteiger partial charge in [-0.25, -0.2) is 4.79 Å². The minimum Gasteiger partial charge on any atom is -0.458 e. The number of benzene rings is 1. The van der Waals surface area contributed by atoms with Crippen LogP contribution in [-0.4, -0.2) is 30.5 Å². The summed E-state index contributed by atoms with van der Waals surface area (Å²) in [6.45, 7) is 0.561. The Labute approximate surface area is 141 Å². The number of carbonyl (C=O) groups is 2. The lowest BCUT2D eigenvalue weighted by atomic mass is 10.1. The van der Waals surface area contributed by atoms with Crippen molar-refractivity contribution in [1.29, 1.82) is 5.41 Å². The third-order valence-corrected chi connectivity index (χ3v) is 2.98. The summed E-state index contributed by atoms with van der Waals surface area (Å²) >= 11 is 0. The fraction of sp³-hybridized carbons (Fsp3) is 0.400. The van der Waals surface area contributed by atoms with E-state index in [1.54, 1.807) is 30.3 Å². The number of unbranched alkanes of at least 4 members (excludes halogenated alkanes) is 1. The van der Waals surface area contributed by atoms with Crippen LogP contribution in [0.3, 0.4) is 0 Å². The van der Waals surface area contributed by atoms with Crippen LogP contribution in [0, 0.1) is 5.41 Å². The number of esters is 1. The van der Waals surface area contributed by atoms with Crippen molar-refractivity contribution in [2.24, 2.45) is 11.5 Å². The molecule has 0 aliphatic rings. The van der Waals surface area contributed by atoms with Crippen molar-refractivity contribution in [3.63, 3.8) is 0 Å². The van der Waals surface area contributed by atoms with Gasteiger partial charge in [0.05, 0.1) is 12.0 Å². The van der Waals surface area contributed by atoms with Gasteiger partial charge in [-0.2, -0.15) is 0 Å².